The lowest BCUT2D eigenvalue weighted by molar-refractivity contribution is 0.117. The SMILES string of the molecule is COC(C)CNCc1ccc(CN)cc1. The molecule has 0 saturated heterocycles. The third-order valence-electron chi connectivity index (χ3n) is 2.42. The van der Waals surface area contributed by atoms with Crippen LogP contribution in [0.5, 0.6) is 0 Å². The van der Waals surface area contributed by atoms with Gasteiger partial charge < -0.3 is 15.8 Å². The molecule has 0 aromatic heterocycles. The largest absolute Gasteiger partial charge is 0.380 e. The Morgan fingerprint density at radius 3 is 2.40 bits per heavy atom. The lowest BCUT2D eigenvalue weighted by Crippen LogP contribution is -2.25. The topological polar surface area (TPSA) is 47.3 Å². The fourth-order valence-electron chi connectivity index (χ4n) is 1.30. The summed E-state index contributed by atoms with van der Waals surface area (Å²) in [6, 6.07) is 8.34. The summed E-state index contributed by atoms with van der Waals surface area (Å²) in [5, 5.41) is 3.33. The van der Waals surface area contributed by atoms with E-state index in [4.69, 9.17) is 10.5 Å². The minimum Gasteiger partial charge on any atom is -0.380 e. The van der Waals surface area contributed by atoms with E-state index < -0.39 is 0 Å². The van der Waals surface area contributed by atoms with Crippen LogP contribution < -0.4 is 11.1 Å². The molecule has 0 radical (unpaired) electrons. The van der Waals surface area contributed by atoms with E-state index >= 15 is 0 Å². The molecule has 15 heavy (non-hydrogen) atoms. The second-order valence-electron chi connectivity index (χ2n) is 3.70. The molecule has 0 aliphatic heterocycles. The Balaban J connectivity index is 2.31. The first-order valence-electron chi connectivity index (χ1n) is 5.27. The van der Waals surface area contributed by atoms with Gasteiger partial charge in [-0.25, -0.2) is 0 Å². The Kier molecular flexibility index (Phi) is 5.32. The van der Waals surface area contributed by atoms with Gasteiger partial charge in [0.05, 0.1) is 6.10 Å². The summed E-state index contributed by atoms with van der Waals surface area (Å²) in [4.78, 5) is 0. The van der Waals surface area contributed by atoms with Gasteiger partial charge in [-0.15, -0.1) is 0 Å². The van der Waals surface area contributed by atoms with E-state index in [-0.39, 0.29) is 6.10 Å². The third-order valence-corrected chi connectivity index (χ3v) is 2.42. The lowest BCUT2D eigenvalue weighted by atomic mass is 10.1. The Morgan fingerprint density at radius 2 is 1.87 bits per heavy atom. The predicted octanol–water partition coefficient (Wildman–Crippen LogP) is 1.27. The molecule has 1 unspecified atom stereocenters. The van der Waals surface area contributed by atoms with Gasteiger partial charge in [0, 0.05) is 26.7 Å². The Morgan fingerprint density at radius 1 is 1.27 bits per heavy atom. The molecule has 0 amide bonds. The number of rotatable bonds is 6. The van der Waals surface area contributed by atoms with Crippen LogP contribution in [0.25, 0.3) is 0 Å². The van der Waals surface area contributed by atoms with E-state index in [2.05, 4.69) is 29.6 Å². The standard InChI is InChI=1S/C12H20N2O/c1-10(15-2)8-14-9-12-5-3-11(7-13)4-6-12/h3-6,10,14H,7-9,13H2,1-2H3. The minimum atomic E-state index is 0.258. The summed E-state index contributed by atoms with van der Waals surface area (Å²) < 4.78 is 5.15. The maximum Gasteiger partial charge on any atom is 0.0667 e. The zero-order chi connectivity index (χ0) is 11.1. The first-order chi connectivity index (χ1) is 7.26. The van der Waals surface area contributed by atoms with Crippen molar-refractivity contribution in [1.82, 2.24) is 5.32 Å². The van der Waals surface area contributed by atoms with Gasteiger partial charge in [-0.2, -0.15) is 0 Å². The molecule has 1 rings (SSSR count). The summed E-state index contributed by atoms with van der Waals surface area (Å²) in [6.45, 7) is 4.40. The van der Waals surface area contributed by atoms with Gasteiger partial charge in [0.1, 0.15) is 0 Å². The maximum atomic E-state index is 5.53. The van der Waals surface area contributed by atoms with Crippen molar-refractivity contribution in [1.29, 1.82) is 0 Å². The monoisotopic (exact) mass is 208 g/mol. The highest BCUT2D eigenvalue weighted by Gasteiger charge is 1.98. The molecule has 0 aliphatic carbocycles. The van der Waals surface area contributed by atoms with E-state index in [1.165, 1.54) is 11.1 Å². The number of hydrogen-bond donors (Lipinski definition) is 2. The van der Waals surface area contributed by atoms with Crippen molar-refractivity contribution in [2.75, 3.05) is 13.7 Å². The van der Waals surface area contributed by atoms with Crippen LogP contribution in [0, 0.1) is 0 Å². The molecule has 0 fully saturated rings. The highest BCUT2D eigenvalue weighted by molar-refractivity contribution is 5.22. The molecular weight excluding hydrogens is 188 g/mol. The Hall–Kier alpha value is -0.900. The number of benzene rings is 1. The molecule has 0 spiro atoms. The number of methoxy groups -OCH3 is 1. The van der Waals surface area contributed by atoms with Crippen molar-refractivity contribution in [2.45, 2.75) is 26.1 Å². The molecule has 0 bridgehead atoms. The van der Waals surface area contributed by atoms with Crippen LogP contribution in [-0.2, 0) is 17.8 Å². The van der Waals surface area contributed by atoms with Gasteiger partial charge in [-0.3, -0.25) is 0 Å². The Labute approximate surface area is 91.6 Å². The van der Waals surface area contributed by atoms with E-state index in [1.54, 1.807) is 7.11 Å². The molecule has 3 N–H and O–H groups in total. The fourth-order valence-corrected chi connectivity index (χ4v) is 1.30. The number of nitrogens with one attached hydrogen (secondary N) is 1. The fraction of sp³-hybridized carbons (Fsp3) is 0.500. The van der Waals surface area contributed by atoms with Crippen LogP contribution in [0.4, 0.5) is 0 Å². The van der Waals surface area contributed by atoms with Crippen molar-refractivity contribution in [2.24, 2.45) is 5.73 Å². The lowest BCUT2D eigenvalue weighted by Gasteiger charge is -2.10. The summed E-state index contributed by atoms with van der Waals surface area (Å²) >= 11 is 0. The van der Waals surface area contributed by atoms with Gasteiger partial charge in [-0.1, -0.05) is 24.3 Å². The zero-order valence-corrected chi connectivity index (χ0v) is 9.49. The summed E-state index contributed by atoms with van der Waals surface area (Å²) in [5.41, 5.74) is 7.97. The Bertz CT molecular complexity index is 271. The average molecular weight is 208 g/mol. The van der Waals surface area contributed by atoms with E-state index in [0.29, 0.717) is 6.54 Å². The first kappa shape index (κ1) is 12.2. The number of nitrogens with two attached hydrogens (primary N) is 1. The molecule has 1 aromatic rings. The summed E-state index contributed by atoms with van der Waals surface area (Å²) in [5.74, 6) is 0. The predicted molar refractivity (Wildman–Crippen MR) is 62.5 cm³/mol. The summed E-state index contributed by atoms with van der Waals surface area (Å²) in [7, 11) is 1.72. The summed E-state index contributed by atoms with van der Waals surface area (Å²) in [6.07, 6.45) is 0.258. The van der Waals surface area contributed by atoms with E-state index in [1.807, 2.05) is 6.92 Å². The maximum absolute atomic E-state index is 5.53. The first-order valence-corrected chi connectivity index (χ1v) is 5.27. The smallest absolute Gasteiger partial charge is 0.0667 e. The van der Waals surface area contributed by atoms with E-state index in [0.717, 1.165) is 13.1 Å². The quantitative estimate of drug-likeness (QED) is 0.740. The van der Waals surface area contributed by atoms with Crippen LogP contribution in [0.1, 0.15) is 18.1 Å². The second kappa shape index (κ2) is 6.56. The van der Waals surface area contributed by atoms with Crippen LogP contribution >= 0.6 is 0 Å². The van der Waals surface area contributed by atoms with Crippen LogP contribution in [0.2, 0.25) is 0 Å². The van der Waals surface area contributed by atoms with Crippen LogP contribution in [-0.4, -0.2) is 19.8 Å². The van der Waals surface area contributed by atoms with Gasteiger partial charge in [0.2, 0.25) is 0 Å². The van der Waals surface area contributed by atoms with Gasteiger partial charge in [-0.05, 0) is 18.1 Å². The van der Waals surface area contributed by atoms with Gasteiger partial charge in [0.15, 0.2) is 0 Å². The molecule has 3 nitrogen and oxygen atoms in total. The molecule has 1 atom stereocenters. The molecule has 0 heterocycles. The third kappa shape index (κ3) is 4.42. The molecule has 0 aliphatic rings. The van der Waals surface area contributed by atoms with Crippen LogP contribution in [0.3, 0.4) is 0 Å². The molecule has 3 heteroatoms. The zero-order valence-electron chi connectivity index (χ0n) is 9.49. The van der Waals surface area contributed by atoms with Gasteiger partial charge >= 0.3 is 0 Å². The number of hydrogen-bond acceptors (Lipinski definition) is 3. The van der Waals surface area contributed by atoms with Crippen molar-refractivity contribution in [3.63, 3.8) is 0 Å². The van der Waals surface area contributed by atoms with Crippen molar-refractivity contribution in [3.05, 3.63) is 35.4 Å². The molecular formula is C12H20N2O. The molecule has 0 saturated carbocycles. The van der Waals surface area contributed by atoms with Gasteiger partial charge in [0.25, 0.3) is 0 Å². The van der Waals surface area contributed by atoms with Crippen molar-refractivity contribution >= 4 is 0 Å². The van der Waals surface area contributed by atoms with Crippen molar-refractivity contribution in [3.8, 4) is 0 Å². The minimum absolute atomic E-state index is 0.258. The number of ether oxygens (including phenoxy) is 1. The highest BCUT2D eigenvalue weighted by Crippen LogP contribution is 2.03. The highest BCUT2D eigenvalue weighted by atomic mass is 16.5. The normalized spacial score (nSPS) is 12.7. The molecule has 84 valence electrons. The molecule has 1 aromatic carbocycles. The average Bonchev–Trinajstić information content (AvgIpc) is 2.29. The van der Waals surface area contributed by atoms with Crippen LogP contribution in [0.15, 0.2) is 24.3 Å². The second-order valence-corrected chi connectivity index (χ2v) is 3.70. The van der Waals surface area contributed by atoms with Crippen molar-refractivity contribution < 1.29 is 4.74 Å². The van der Waals surface area contributed by atoms with E-state index in [9.17, 15) is 0 Å².